The third-order valence-corrected chi connectivity index (χ3v) is 3.97. The number of hydrogen-bond donors (Lipinski definition) is 3. The second kappa shape index (κ2) is 7.59. The second-order valence-corrected chi connectivity index (χ2v) is 7.13. The summed E-state index contributed by atoms with van der Waals surface area (Å²) in [6.45, 7) is 11.6. The third kappa shape index (κ3) is 5.36. The minimum absolute atomic E-state index is 0.0749. The van der Waals surface area contributed by atoms with Crippen molar-refractivity contribution >= 4 is 17.5 Å². The quantitative estimate of drug-likeness (QED) is 0.729. The van der Waals surface area contributed by atoms with Crippen LogP contribution in [0, 0.1) is 25.2 Å². The zero-order valence-corrected chi connectivity index (χ0v) is 14.9. The first-order valence-electron chi connectivity index (χ1n) is 7.89. The Hall–Kier alpha value is -1.88. The van der Waals surface area contributed by atoms with E-state index in [2.05, 4.69) is 10.6 Å². The average molecular weight is 320 g/mol. The summed E-state index contributed by atoms with van der Waals surface area (Å²) in [5.74, 6) is -1.33. The molecule has 0 aliphatic carbocycles. The molecule has 1 unspecified atom stereocenters. The summed E-state index contributed by atoms with van der Waals surface area (Å²) in [5.41, 5.74) is 2.11. The Morgan fingerprint density at radius 3 is 2.30 bits per heavy atom. The number of amides is 2. The Kier molecular flexibility index (Phi) is 6.33. The van der Waals surface area contributed by atoms with E-state index < -0.39 is 23.3 Å². The minimum atomic E-state index is -0.702. The van der Waals surface area contributed by atoms with Crippen molar-refractivity contribution in [3.05, 3.63) is 29.3 Å². The number of aryl methyl sites for hydroxylation is 2. The molecule has 2 amide bonds. The average Bonchev–Trinajstić information content (AvgIpc) is 2.46. The van der Waals surface area contributed by atoms with Crippen LogP contribution in [0.15, 0.2) is 18.2 Å². The maximum Gasteiger partial charge on any atom is 0.313 e. The Labute approximate surface area is 138 Å². The van der Waals surface area contributed by atoms with E-state index in [0.717, 1.165) is 11.1 Å². The van der Waals surface area contributed by atoms with Crippen LogP contribution in [-0.2, 0) is 9.59 Å². The fourth-order valence-corrected chi connectivity index (χ4v) is 2.53. The van der Waals surface area contributed by atoms with Crippen LogP contribution in [0.1, 0.15) is 38.8 Å². The lowest BCUT2D eigenvalue weighted by atomic mass is 9.81. The Morgan fingerprint density at radius 1 is 1.17 bits per heavy atom. The molecule has 0 saturated heterocycles. The van der Waals surface area contributed by atoms with Gasteiger partial charge >= 0.3 is 11.8 Å². The predicted octanol–water partition coefficient (Wildman–Crippen LogP) is 2.40. The van der Waals surface area contributed by atoms with Crippen LogP contribution in [0.5, 0.6) is 0 Å². The van der Waals surface area contributed by atoms with E-state index in [-0.39, 0.29) is 12.5 Å². The summed E-state index contributed by atoms with van der Waals surface area (Å²) in [6.07, 6.45) is -0.565. The number of hydrogen-bond acceptors (Lipinski definition) is 3. The van der Waals surface area contributed by atoms with Crippen LogP contribution in [-0.4, -0.2) is 29.6 Å². The number of aliphatic hydroxyl groups is 1. The van der Waals surface area contributed by atoms with Crippen LogP contribution in [0.2, 0.25) is 0 Å². The summed E-state index contributed by atoms with van der Waals surface area (Å²) >= 11 is 0. The van der Waals surface area contributed by atoms with E-state index in [1.54, 1.807) is 6.07 Å². The van der Waals surface area contributed by atoms with Crippen molar-refractivity contribution in [1.29, 1.82) is 0 Å². The number of nitrogens with one attached hydrogen (secondary N) is 2. The molecule has 1 aromatic rings. The Morgan fingerprint density at radius 2 is 1.78 bits per heavy atom. The maximum atomic E-state index is 12.0. The molecule has 128 valence electrons. The standard InChI is InChI=1S/C18H28N2O3/c1-11(2)15(21)18(5,6)10-19-16(22)17(23)20-14-8-7-12(3)9-13(14)4/h7-9,11,15,21H,10H2,1-6H3,(H,19,22)(H,20,23). The van der Waals surface area contributed by atoms with Gasteiger partial charge in [0.1, 0.15) is 0 Å². The molecule has 1 atom stereocenters. The molecule has 23 heavy (non-hydrogen) atoms. The maximum absolute atomic E-state index is 12.0. The molecule has 3 N–H and O–H groups in total. The number of carbonyl (C=O) groups is 2. The van der Waals surface area contributed by atoms with E-state index in [1.165, 1.54) is 0 Å². The molecule has 0 aliphatic rings. The highest BCUT2D eigenvalue weighted by atomic mass is 16.3. The molecule has 0 fully saturated rings. The fourth-order valence-electron chi connectivity index (χ4n) is 2.53. The summed E-state index contributed by atoms with van der Waals surface area (Å²) < 4.78 is 0. The molecule has 0 aliphatic heterocycles. The monoisotopic (exact) mass is 320 g/mol. The van der Waals surface area contributed by atoms with Crippen LogP contribution >= 0.6 is 0 Å². The zero-order valence-electron chi connectivity index (χ0n) is 14.9. The first-order chi connectivity index (χ1) is 10.5. The van der Waals surface area contributed by atoms with Gasteiger partial charge in [0.05, 0.1) is 6.10 Å². The highest BCUT2D eigenvalue weighted by Gasteiger charge is 2.31. The molecule has 0 bridgehead atoms. The summed E-state index contributed by atoms with van der Waals surface area (Å²) in [4.78, 5) is 23.9. The van der Waals surface area contributed by atoms with Gasteiger partial charge in [0, 0.05) is 17.6 Å². The van der Waals surface area contributed by atoms with Crippen molar-refractivity contribution in [3.8, 4) is 0 Å². The summed E-state index contributed by atoms with van der Waals surface area (Å²) in [5, 5.41) is 15.4. The molecular weight excluding hydrogens is 292 g/mol. The highest BCUT2D eigenvalue weighted by Crippen LogP contribution is 2.25. The van der Waals surface area contributed by atoms with Crippen molar-refractivity contribution in [2.45, 2.75) is 47.6 Å². The van der Waals surface area contributed by atoms with Crippen molar-refractivity contribution in [2.24, 2.45) is 11.3 Å². The lowest BCUT2D eigenvalue weighted by molar-refractivity contribution is -0.136. The zero-order chi connectivity index (χ0) is 17.8. The van der Waals surface area contributed by atoms with Gasteiger partial charge in [-0.3, -0.25) is 9.59 Å². The van der Waals surface area contributed by atoms with Crippen molar-refractivity contribution in [2.75, 3.05) is 11.9 Å². The van der Waals surface area contributed by atoms with Crippen LogP contribution in [0.25, 0.3) is 0 Å². The number of anilines is 1. The third-order valence-electron chi connectivity index (χ3n) is 3.97. The van der Waals surface area contributed by atoms with Crippen molar-refractivity contribution in [1.82, 2.24) is 5.32 Å². The second-order valence-electron chi connectivity index (χ2n) is 7.13. The van der Waals surface area contributed by atoms with E-state index in [4.69, 9.17) is 0 Å². The predicted molar refractivity (Wildman–Crippen MR) is 92.2 cm³/mol. The van der Waals surface area contributed by atoms with Gasteiger partial charge in [0.15, 0.2) is 0 Å². The van der Waals surface area contributed by atoms with E-state index in [0.29, 0.717) is 5.69 Å². The lowest BCUT2D eigenvalue weighted by Gasteiger charge is -2.33. The number of rotatable bonds is 5. The molecule has 0 radical (unpaired) electrons. The van der Waals surface area contributed by atoms with E-state index in [1.807, 2.05) is 53.7 Å². The topological polar surface area (TPSA) is 78.4 Å². The molecular formula is C18H28N2O3. The number of benzene rings is 1. The smallest absolute Gasteiger partial charge is 0.313 e. The molecule has 1 rings (SSSR count). The Bertz CT molecular complexity index is 580. The number of aliphatic hydroxyl groups excluding tert-OH is 1. The summed E-state index contributed by atoms with van der Waals surface area (Å²) in [6, 6.07) is 5.60. The molecule has 0 heterocycles. The first kappa shape index (κ1) is 19.2. The SMILES string of the molecule is Cc1ccc(NC(=O)C(=O)NCC(C)(C)C(O)C(C)C)c(C)c1. The largest absolute Gasteiger partial charge is 0.392 e. The Balaban J connectivity index is 2.62. The molecule has 5 heteroatoms. The van der Waals surface area contributed by atoms with Gasteiger partial charge in [-0.05, 0) is 31.4 Å². The van der Waals surface area contributed by atoms with Gasteiger partial charge in [-0.15, -0.1) is 0 Å². The van der Waals surface area contributed by atoms with E-state index >= 15 is 0 Å². The minimum Gasteiger partial charge on any atom is -0.392 e. The van der Waals surface area contributed by atoms with Crippen LogP contribution < -0.4 is 10.6 Å². The van der Waals surface area contributed by atoms with E-state index in [9.17, 15) is 14.7 Å². The number of carbonyl (C=O) groups excluding carboxylic acids is 2. The van der Waals surface area contributed by atoms with Gasteiger partial charge in [0.25, 0.3) is 0 Å². The van der Waals surface area contributed by atoms with Crippen LogP contribution in [0.3, 0.4) is 0 Å². The van der Waals surface area contributed by atoms with Gasteiger partial charge in [-0.25, -0.2) is 0 Å². The lowest BCUT2D eigenvalue weighted by Crippen LogP contribution is -2.46. The molecule has 0 saturated carbocycles. The normalized spacial score (nSPS) is 12.9. The molecule has 0 spiro atoms. The molecule has 0 aromatic heterocycles. The fraction of sp³-hybridized carbons (Fsp3) is 0.556. The molecule has 5 nitrogen and oxygen atoms in total. The molecule has 1 aromatic carbocycles. The highest BCUT2D eigenvalue weighted by molar-refractivity contribution is 6.39. The van der Waals surface area contributed by atoms with Gasteiger partial charge in [-0.1, -0.05) is 45.4 Å². The summed E-state index contributed by atoms with van der Waals surface area (Å²) in [7, 11) is 0. The van der Waals surface area contributed by atoms with Gasteiger partial charge < -0.3 is 15.7 Å². The van der Waals surface area contributed by atoms with Crippen molar-refractivity contribution in [3.63, 3.8) is 0 Å². The van der Waals surface area contributed by atoms with Crippen molar-refractivity contribution < 1.29 is 14.7 Å². The van der Waals surface area contributed by atoms with Gasteiger partial charge in [-0.2, -0.15) is 0 Å². The van der Waals surface area contributed by atoms with Crippen LogP contribution in [0.4, 0.5) is 5.69 Å². The van der Waals surface area contributed by atoms with Gasteiger partial charge in [0.2, 0.25) is 0 Å². The first-order valence-corrected chi connectivity index (χ1v) is 7.89.